The van der Waals surface area contributed by atoms with E-state index in [1.165, 1.54) is 22.8 Å². The lowest BCUT2D eigenvalue weighted by Crippen LogP contribution is -2.25. The summed E-state index contributed by atoms with van der Waals surface area (Å²) in [7, 11) is 2.08. The van der Waals surface area contributed by atoms with Gasteiger partial charge in [-0.3, -0.25) is 4.57 Å². The highest BCUT2D eigenvalue weighted by Crippen LogP contribution is 2.36. The minimum absolute atomic E-state index is 0.0345. The van der Waals surface area contributed by atoms with Gasteiger partial charge in [-0.15, -0.1) is 0 Å². The van der Waals surface area contributed by atoms with Crippen LogP contribution in [0.1, 0.15) is 39.2 Å². The Hall–Kier alpha value is -4.12. The molecule has 0 amide bonds. The zero-order valence-corrected chi connectivity index (χ0v) is 22.6. The first-order valence-corrected chi connectivity index (χ1v) is 13.4. The predicted octanol–water partition coefficient (Wildman–Crippen LogP) is 7.42. The third-order valence-corrected chi connectivity index (χ3v) is 7.27. The van der Waals surface area contributed by atoms with Crippen molar-refractivity contribution in [2.45, 2.75) is 39.0 Å². The molecule has 5 aromatic rings. The van der Waals surface area contributed by atoms with Crippen LogP contribution < -0.4 is 9.64 Å². The van der Waals surface area contributed by atoms with E-state index in [0.717, 1.165) is 53.5 Å². The summed E-state index contributed by atoms with van der Waals surface area (Å²) in [5.41, 5.74) is 4.60. The smallest absolute Gasteiger partial charge is 0.137 e. The number of ether oxygens (including phenoxy) is 1. The molecule has 3 aromatic carbocycles. The van der Waals surface area contributed by atoms with Gasteiger partial charge in [0.15, 0.2) is 0 Å². The summed E-state index contributed by atoms with van der Waals surface area (Å²) in [5.74, 6) is 2.52. The van der Waals surface area contributed by atoms with E-state index in [2.05, 4.69) is 121 Å². The molecule has 2 aromatic heterocycles. The number of nitrogens with zero attached hydrogens (tertiary/aromatic N) is 4. The number of hydrogen-bond acceptors (Lipinski definition) is 3. The minimum atomic E-state index is 0.0345. The van der Waals surface area contributed by atoms with Crippen LogP contribution >= 0.6 is 0 Å². The zero-order chi connectivity index (χ0) is 26.3. The molecule has 0 unspecified atom stereocenters. The van der Waals surface area contributed by atoms with Gasteiger partial charge in [0.05, 0.1) is 31.2 Å². The lowest BCUT2D eigenvalue weighted by molar-refractivity contribution is -0.492. The van der Waals surface area contributed by atoms with Crippen molar-refractivity contribution in [3.05, 3.63) is 90.6 Å². The summed E-state index contributed by atoms with van der Waals surface area (Å²) >= 11 is 0. The second-order valence-electron chi connectivity index (χ2n) is 11.2. The molecule has 0 fully saturated rings. The molecule has 1 aliphatic rings. The molecule has 0 saturated heterocycles. The van der Waals surface area contributed by atoms with Gasteiger partial charge in [0.2, 0.25) is 0 Å². The van der Waals surface area contributed by atoms with Crippen LogP contribution in [0.2, 0.25) is 0 Å². The van der Waals surface area contributed by atoms with Gasteiger partial charge in [-0.2, -0.15) is 0 Å². The van der Waals surface area contributed by atoms with Gasteiger partial charge in [0.25, 0.3) is 0 Å². The highest BCUT2D eigenvalue weighted by atomic mass is 16.5. The quantitative estimate of drug-likeness (QED) is 0.189. The van der Waals surface area contributed by atoms with Gasteiger partial charge in [-0.05, 0) is 65.9 Å². The number of pyridine rings is 1. The number of benzene rings is 3. The molecule has 6 rings (SSSR count). The van der Waals surface area contributed by atoms with Gasteiger partial charge in [-0.25, -0.2) is 4.98 Å². The van der Waals surface area contributed by atoms with Gasteiger partial charge in [0.1, 0.15) is 23.7 Å². The maximum atomic E-state index is 6.44. The van der Waals surface area contributed by atoms with E-state index in [1.807, 2.05) is 12.3 Å². The maximum Gasteiger partial charge on any atom is 0.137 e. The lowest BCUT2D eigenvalue weighted by atomic mass is 9.88. The first-order chi connectivity index (χ1) is 18.4. The topological polar surface area (TPSA) is 33.3 Å². The van der Waals surface area contributed by atoms with Gasteiger partial charge in [0, 0.05) is 23.0 Å². The number of para-hydroxylation sites is 1. The van der Waals surface area contributed by atoms with Crippen LogP contribution in [0.3, 0.4) is 0 Å². The van der Waals surface area contributed by atoms with E-state index < -0.39 is 0 Å². The van der Waals surface area contributed by atoms with E-state index in [-0.39, 0.29) is 5.41 Å². The predicted molar refractivity (Wildman–Crippen MR) is 156 cm³/mol. The molecule has 1 aliphatic heterocycles. The fourth-order valence-electron chi connectivity index (χ4n) is 5.23. The van der Waals surface area contributed by atoms with Crippen LogP contribution in [0, 0.1) is 0 Å². The summed E-state index contributed by atoms with van der Waals surface area (Å²) in [4.78, 5) is 6.98. The summed E-state index contributed by atoms with van der Waals surface area (Å²) in [5, 5.41) is 2.39. The molecule has 0 saturated carbocycles. The molecule has 0 N–H and O–H groups in total. The van der Waals surface area contributed by atoms with Crippen molar-refractivity contribution in [3.8, 4) is 17.3 Å². The van der Waals surface area contributed by atoms with Gasteiger partial charge >= 0.3 is 0 Å². The molecular weight excluding hydrogens is 468 g/mol. The van der Waals surface area contributed by atoms with E-state index in [1.54, 1.807) is 0 Å². The maximum absolute atomic E-state index is 6.44. The Morgan fingerprint density at radius 3 is 2.53 bits per heavy atom. The molecule has 0 aliphatic carbocycles. The van der Waals surface area contributed by atoms with Crippen molar-refractivity contribution < 1.29 is 9.31 Å². The number of aromatic nitrogens is 2. The van der Waals surface area contributed by atoms with Crippen LogP contribution in [0.25, 0.3) is 27.6 Å². The fourth-order valence-corrected chi connectivity index (χ4v) is 5.23. The van der Waals surface area contributed by atoms with Crippen LogP contribution in [0.5, 0.6) is 11.5 Å². The second-order valence-corrected chi connectivity index (χ2v) is 11.2. The van der Waals surface area contributed by atoms with Crippen LogP contribution in [0.15, 0.2) is 85.1 Å². The zero-order valence-electron chi connectivity index (χ0n) is 22.6. The van der Waals surface area contributed by atoms with Crippen molar-refractivity contribution in [1.29, 1.82) is 0 Å². The lowest BCUT2D eigenvalue weighted by Gasteiger charge is -2.23. The molecule has 192 valence electrons. The molecule has 5 heteroatoms. The van der Waals surface area contributed by atoms with E-state index in [4.69, 9.17) is 9.72 Å². The average Bonchev–Trinajstić information content (AvgIpc) is 3.06. The number of rotatable bonds is 4. The Labute approximate surface area is 224 Å². The Bertz CT molecular complexity index is 1660. The molecular formula is C33H34N4O. The Morgan fingerprint density at radius 1 is 0.842 bits per heavy atom. The normalized spacial score (nSPS) is 14.5. The SMILES string of the molecule is C[N+]1=[C-]N(c2cccc(Oc3ccc4c5ccccc5n(-c5cc(C(C)(C)C)ccn5)c4c3)c2)CCCC1. The monoisotopic (exact) mass is 502 g/mol. The average molecular weight is 503 g/mol. The molecule has 0 spiro atoms. The Balaban J connectivity index is 1.42. The summed E-state index contributed by atoms with van der Waals surface area (Å²) < 4.78 is 10.8. The minimum Gasteiger partial charge on any atom is -0.459 e. The first kappa shape index (κ1) is 24.2. The molecule has 0 atom stereocenters. The molecule has 0 radical (unpaired) electrons. The van der Waals surface area contributed by atoms with Crippen molar-refractivity contribution in [2.24, 2.45) is 0 Å². The van der Waals surface area contributed by atoms with Crippen LogP contribution in [-0.2, 0) is 5.41 Å². The van der Waals surface area contributed by atoms with Gasteiger partial charge in [-0.1, -0.05) is 57.2 Å². The van der Waals surface area contributed by atoms with E-state index in [9.17, 15) is 0 Å². The van der Waals surface area contributed by atoms with Crippen molar-refractivity contribution >= 4 is 33.8 Å². The van der Waals surface area contributed by atoms with Crippen molar-refractivity contribution in [1.82, 2.24) is 9.55 Å². The third kappa shape index (κ3) is 4.65. The highest BCUT2D eigenvalue weighted by molar-refractivity contribution is 6.09. The largest absolute Gasteiger partial charge is 0.459 e. The number of anilines is 1. The Kier molecular flexibility index (Phi) is 6.15. The van der Waals surface area contributed by atoms with Crippen LogP contribution in [0.4, 0.5) is 5.69 Å². The number of hydrogen-bond donors (Lipinski definition) is 0. The molecule has 0 bridgehead atoms. The third-order valence-electron chi connectivity index (χ3n) is 7.27. The van der Waals surface area contributed by atoms with E-state index in [0.29, 0.717) is 0 Å². The number of fused-ring (bicyclic) bond motifs is 3. The summed E-state index contributed by atoms with van der Waals surface area (Å²) in [6, 6.07) is 27.5. The first-order valence-electron chi connectivity index (χ1n) is 13.4. The van der Waals surface area contributed by atoms with Crippen LogP contribution in [-0.4, -0.2) is 40.6 Å². The molecule has 5 nitrogen and oxygen atoms in total. The molecule has 38 heavy (non-hydrogen) atoms. The summed E-state index contributed by atoms with van der Waals surface area (Å²) in [6.07, 6.45) is 7.71. The Morgan fingerprint density at radius 2 is 1.66 bits per heavy atom. The summed E-state index contributed by atoms with van der Waals surface area (Å²) in [6.45, 7) is 8.69. The van der Waals surface area contributed by atoms with Gasteiger partial charge < -0.3 is 14.2 Å². The van der Waals surface area contributed by atoms with E-state index >= 15 is 0 Å². The second kappa shape index (κ2) is 9.64. The van der Waals surface area contributed by atoms with Crippen molar-refractivity contribution in [2.75, 3.05) is 25.0 Å². The van der Waals surface area contributed by atoms with Crippen molar-refractivity contribution in [3.63, 3.8) is 0 Å². The standard InChI is InChI=1S/C33H34N4O/c1-33(2,3)24-16-17-34-32(20-24)37-30-13-6-5-12-28(30)29-15-14-27(22-31(29)37)38-26-11-9-10-25(21-26)36-19-8-7-18-35(4)23-36/h5-6,9-17,20-22H,7-8,18-19H2,1-4H3. The fraction of sp³-hybridized carbons (Fsp3) is 0.273. The highest BCUT2D eigenvalue weighted by Gasteiger charge is 2.18. The molecule has 3 heterocycles.